The van der Waals surface area contributed by atoms with Crippen LogP contribution >= 0.6 is 0 Å². The molecule has 1 fully saturated rings. The van der Waals surface area contributed by atoms with Gasteiger partial charge in [-0.05, 0) is 65.2 Å². The molecule has 6 rings (SSSR count). The van der Waals surface area contributed by atoms with Crippen molar-refractivity contribution in [3.05, 3.63) is 149 Å². The van der Waals surface area contributed by atoms with Gasteiger partial charge in [0.05, 0.1) is 23.7 Å². The molecule has 7 nitrogen and oxygen atoms in total. The highest BCUT2D eigenvalue weighted by Crippen LogP contribution is 2.42. The van der Waals surface area contributed by atoms with E-state index >= 15 is 0 Å². The SMILES string of the molecule is C[C@@H]1[C@H](CN(C)[C@H](C)c2ccc3ccccc3c2)O[C@H](c2ccc(CNS(=O)(=O)c3ccccc3)cc2)O[C@@H]1c1ccc(CO)cc1. The number of aliphatic hydroxyl groups is 1. The van der Waals surface area contributed by atoms with Crippen LogP contribution in [0.15, 0.2) is 126 Å². The molecular formula is C39H42N2O5S. The van der Waals surface area contributed by atoms with E-state index < -0.39 is 16.3 Å². The highest BCUT2D eigenvalue weighted by molar-refractivity contribution is 7.89. The fourth-order valence-corrected chi connectivity index (χ4v) is 7.18. The second-order valence-electron chi connectivity index (χ2n) is 12.4. The highest BCUT2D eigenvalue weighted by Gasteiger charge is 2.39. The van der Waals surface area contributed by atoms with E-state index in [4.69, 9.17) is 9.47 Å². The number of rotatable bonds is 11. The van der Waals surface area contributed by atoms with Gasteiger partial charge < -0.3 is 14.6 Å². The largest absolute Gasteiger partial charge is 0.392 e. The second-order valence-corrected chi connectivity index (χ2v) is 14.2. The fraction of sp³-hybridized carbons (Fsp3) is 0.282. The molecule has 0 unspecified atom stereocenters. The van der Waals surface area contributed by atoms with Crippen molar-refractivity contribution in [2.45, 2.75) is 56.4 Å². The van der Waals surface area contributed by atoms with Crippen molar-refractivity contribution in [2.75, 3.05) is 13.6 Å². The summed E-state index contributed by atoms with van der Waals surface area (Å²) in [6.45, 7) is 5.24. The predicted molar refractivity (Wildman–Crippen MR) is 185 cm³/mol. The molecule has 244 valence electrons. The summed E-state index contributed by atoms with van der Waals surface area (Å²) in [6.07, 6.45) is -0.979. The predicted octanol–water partition coefficient (Wildman–Crippen LogP) is 7.30. The van der Waals surface area contributed by atoms with Gasteiger partial charge in [-0.15, -0.1) is 0 Å². The minimum Gasteiger partial charge on any atom is -0.392 e. The average molecular weight is 651 g/mol. The summed E-state index contributed by atoms with van der Waals surface area (Å²) in [6, 6.07) is 39.2. The van der Waals surface area contributed by atoms with Crippen LogP contribution in [0.4, 0.5) is 0 Å². The molecule has 5 atom stereocenters. The van der Waals surface area contributed by atoms with Gasteiger partial charge in [-0.3, -0.25) is 4.90 Å². The molecule has 1 heterocycles. The van der Waals surface area contributed by atoms with Gasteiger partial charge in [-0.1, -0.05) is 110 Å². The lowest BCUT2D eigenvalue weighted by Crippen LogP contribution is -2.44. The van der Waals surface area contributed by atoms with Crippen molar-refractivity contribution in [3.63, 3.8) is 0 Å². The first-order valence-electron chi connectivity index (χ1n) is 16.0. The van der Waals surface area contributed by atoms with Crippen LogP contribution in [0.5, 0.6) is 0 Å². The lowest BCUT2D eigenvalue weighted by molar-refractivity contribution is -0.276. The van der Waals surface area contributed by atoms with Gasteiger partial charge in [0.2, 0.25) is 10.0 Å². The van der Waals surface area contributed by atoms with Gasteiger partial charge in [0.25, 0.3) is 0 Å². The van der Waals surface area contributed by atoms with Crippen molar-refractivity contribution in [1.82, 2.24) is 9.62 Å². The Morgan fingerprint density at radius 1 is 0.787 bits per heavy atom. The van der Waals surface area contributed by atoms with Crippen LogP contribution in [0, 0.1) is 5.92 Å². The van der Waals surface area contributed by atoms with Crippen LogP contribution in [-0.2, 0) is 32.6 Å². The first-order valence-corrected chi connectivity index (χ1v) is 17.5. The Labute approximate surface area is 277 Å². The Morgan fingerprint density at radius 3 is 2.13 bits per heavy atom. The number of hydrogen-bond donors (Lipinski definition) is 2. The van der Waals surface area contributed by atoms with Crippen LogP contribution in [0.1, 0.15) is 60.1 Å². The van der Waals surface area contributed by atoms with Crippen LogP contribution in [0.2, 0.25) is 0 Å². The van der Waals surface area contributed by atoms with Crippen molar-refractivity contribution in [2.24, 2.45) is 5.92 Å². The number of nitrogens with zero attached hydrogens (tertiary/aromatic N) is 1. The van der Waals surface area contributed by atoms with E-state index in [1.807, 2.05) is 48.5 Å². The van der Waals surface area contributed by atoms with E-state index in [9.17, 15) is 13.5 Å². The van der Waals surface area contributed by atoms with Crippen molar-refractivity contribution in [1.29, 1.82) is 0 Å². The summed E-state index contributed by atoms with van der Waals surface area (Å²) in [5, 5.41) is 12.0. The normalized spacial score (nSPS) is 20.8. The summed E-state index contributed by atoms with van der Waals surface area (Å²) in [7, 11) is -1.48. The Balaban J connectivity index is 1.20. The average Bonchev–Trinajstić information content (AvgIpc) is 3.11. The second kappa shape index (κ2) is 14.5. The van der Waals surface area contributed by atoms with Crippen molar-refractivity contribution in [3.8, 4) is 0 Å². The molecule has 5 aromatic rings. The quantitative estimate of drug-likeness (QED) is 0.156. The maximum absolute atomic E-state index is 12.7. The van der Waals surface area contributed by atoms with Crippen LogP contribution in [-0.4, -0.2) is 38.1 Å². The third kappa shape index (κ3) is 7.65. The number of hydrogen-bond acceptors (Lipinski definition) is 6. The Morgan fingerprint density at radius 2 is 1.43 bits per heavy atom. The topological polar surface area (TPSA) is 88.1 Å². The number of likely N-dealkylation sites (N-methyl/N-ethyl adjacent to an activating group) is 1. The zero-order valence-corrected chi connectivity index (χ0v) is 27.8. The molecule has 2 N–H and O–H groups in total. The van der Waals surface area contributed by atoms with Crippen molar-refractivity contribution < 1.29 is 23.0 Å². The van der Waals surface area contributed by atoms with Gasteiger partial charge in [-0.2, -0.15) is 0 Å². The van der Waals surface area contributed by atoms with Crippen LogP contribution in [0.3, 0.4) is 0 Å². The minimum absolute atomic E-state index is 0.0129. The number of benzene rings is 5. The molecule has 0 bridgehead atoms. The Hall–Kier alpha value is -3.89. The zero-order chi connectivity index (χ0) is 33.0. The van der Waals surface area contributed by atoms with E-state index in [0.717, 1.165) is 22.3 Å². The highest BCUT2D eigenvalue weighted by atomic mass is 32.2. The molecule has 1 aliphatic heterocycles. The lowest BCUT2D eigenvalue weighted by Gasteiger charge is -2.43. The molecule has 1 saturated heterocycles. The van der Waals surface area contributed by atoms with E-state index in [-0.39, 0.29) is 42.2 Å². The molecule has 0 aliphatic carbocycles. The number of ether oxygens (including phenoxy) is 2. The zero-order valence-electron chi connectivity index (χ0n) is 27.0. The van der Waals surface area contributed by atoms with E-state index in [2.05, 4.69) is 73.0 Å². The molecule has 0 amide bonds. The Bertz CT molecular complexity index is 1880. The van der Waals surface area contributed by atoms with Gasteiger partial charge in [0, 0.05) is 30.6 Å². The minimum atomic E-state index is -3.62. The molecule has 0 radical (unpaired) electrons. The maximum Gasteiger partial charge on any atom is 0.240 e. The lowest BCUT2D eigenvalue weighted by atomic mass is 9.89. The van der Waals surface area contributed by atoms with E-state index in [1.165, 1.54) is 16.3 Å². The first-order chi connectivity index (χ1) is 22.7. The summed E-state index contributed by atoms with van der Waals surface area (Å²) >= 11 is 0. The molecule has 5 aromatic carbocycles. The van der Waals surface area contributed by atoms with Gasteiger partial charge in [-0.25, -0.2) is 13.1 Å². The third-order valence-electron chi connectivity index (χ3n) is 9.28. The van der Waals surface area contributed by atoms with Gasteiger partial charge >= 0.3 is 0 Å². The summed E-state index contributed by atoms with van der Waals surface area (Å²) < 4.78 is 41.5. The summed E-state index contributed by atoms with van der Waals surface area (Å²) in [5.74, 6) is 0.0455. The van der Waals surface area contributed by atoms with Gasteiger partial charge in [0.1, 0.15) is 0 Å². The summed E-state index contributed by atoms with van der Waals surface area (Å²) in [4.78, 5) is 2.57. The van der Waals surface area contributed by atoms with Crippen LogP contribution < -0.4 is 4.72 Å². The number of nitrogens with one attached hydrogen (secondary N) is 1. The maximum atomic E-state index is 12.7. The molecule has 1 aliphatic rings. The molecule has 8 heteroatoms. The molecule has 0 saturated carbocycles. The van der Waals surface area contributed by atoms with Gasteiger partial charge in [0.15, 0.2) is 6.29 Å². The Kier molecular flexibility index (Phi) is 10.2. The molecule has 47 heavy (non-hydrogen) atoms. The number of aliphatic hydroxyl groups excluding tert-OH is 1. The fourth-order valence-electron chi connectivity index (χ4n) is 6.15. The van der Waals surface area contributed by atoms with E-state index in [1.54, 1.807) is 30.3 Å². The number of fused-ring (bicyclic) bond motifs is 1. The standard InChI is InChI=1S/C39H42N2O5S/c1-27-37(25-41(3)28(2)34-22-21-31-9-7-8-10-35(31)23-34)45-39(46-38(27)32-17-15-30(26-42)16-18-32)33-19-13-29(14-20-33)24-40-47(43,44)36-11-5-4-6-12-36/h4-23,27-28,37-40,42H,24-26H2,1-3H3/t27-,28-,37+,38+,39+/m1/s1. The first kappa shape index (κ1) is 33.0. The molecular weight excluding hydrogens is 609 g/mol. The van der Waals surface area contributed by atoms with Crippen LogP contribution in [0.25, 0.3) is 10.8 Å². The smallest absolute Gasteiger partial charge is 0.240 e. The van der Waals surface area contributed by atoms with Crippen molar-refractivity contribution >= 4 is 20.8 Å². The molecule has 0 spiro atoms. The monoisotopic (exact) mass is 650 g/mol. The third-order valence-corrected chi connectivity index (χ3v) is 10.7. The molecule has 0 aromatic heterocycles. The van der Waals surface area contributed by atoms with E-state index in [0.29, 0.717) is 6.54 Å². The summed E-state index contributed by atoms with van der Waals surface area (Å²) in [5.41, 5.74) is 4.82. The number of sulfonamides is 1.